The van der Waals surface area contributed by atoms with E-state index in [4.69, 9.17) is 0 Å². The lowest BCUT2D eigenvalue weighted by Gasteiger charge is -2.17. The number of hydrogen-bond acceptors (Lipinski definition) is 2. The fourth-order valence-electron chi connectivity index (χ4n) is 1.19. The van der Waals surface area contributed by atoms with Crippen molar-refractivity contribution >= 4 is 16.9 Å². The van der Waals surface area contributed by atoms with Crippen LogP contribution in [-0.4, -0.2) is 23.0 Å². The number of hydrogen-bond donors (Lipinski definition) is 1. The lowest BCUT2D eigenvalue weighted by molar-refractivity contribution is 0.385. The summed E-state index contributed by atoms with van der Waals surface area (Å²) < 4.78 is 0. The van der Waals surface area contributed by atoms with Crippen LogP contribution < -0.4 is 5.32 Å². The van der Waals surface area contributed by atoms with Gasteiger partial charge < -0.3 is 5.32 Å². The van der Waals surface area contributed by atoms with Gasteiger partial charge in [0.25, 0.3) is 0 Å². The highest BCUT2D eigenvalue weighted by atomic mass is 32.2. The van der Waals surface area contributed by atoms with E-state index in [0.717, 1.165) is 23.9 Å². The molecule has 1 saturated heterocycles. The standard InChI is InChI=1S/C11H22N2S/c1-10(2,3)6-7-12-9-13-11(4,5)8-14-9/h6-8H2,1-5H3,(H,12,13). The van der Waals surface area contributed by atoms with E-state index in [0.29, 0.717) is 5.41 Å². The van der Waals surface area contributed by atoms with Gasteiger partial charge in [0.05, 0.1) is 0 Å². The van der Waals surface area contributed by atoms with Crippen molar-refractivity contribution in [3.05, 3.63) is 0 Å². The topological polar surface area (TPSA) is 24.4 Å². The van der Waals surface area contributed by atoms with Crippen molar-refractivity contribution < 1.29 is 0 Å². The number of amidine groups is 1. The van der Waals surface area contributed by atoms with Crippen molar-refractivity contribution in [1.29, 1.82) is 0 Å². The Morgan fingerprint density at radius 2 is 2.07 bits per heavy atom. The van der Waals surface area contributed by atoms with Crippen LogP contribution in [0.25, 0.3) is 0 Å². The number of thioether (sulfide) groups is 1. The molecule has 0 aromatic rings. The van der Waals surface area contributed by atoms with E-state index in [-0.39, 0.29) is 5.54 Å². The molecule has 0 aromatic carbocycles. The highest BCUT2D eigenvalue weighted by Gasteiger charge is 2.27. The van der Waals surface area contributed by atoms with Crippen LogP contribution in [0, 0.1) is 5.41 Å². The zero-order chi connectivity index (χ0) is 10.8. The maximum absolute atomic E-state index is 4.57. The van der Waals surface area contributed by atoms with E-state index in [2.05, 4.69) is 44.9 Å². The van der Waals surface area contributed by atoms with Crippen LogP contribution in [0.2, 0.25) is 0 Å². The summed E-state index contributed by atoms with van der Waals surface area (Å²) in [4.78, 5) is 4.57. The number of nitrogens with zero attached hydrogens (tertiary/aromatic N) is 1. The van der Waals surface area contributed by atoms with Crippen molar-refractivity contribution in [1.82, 2.24) is 5.32 Å². The molecule has 0 aliphatic carbocycles. The molecule has 82 valence electrons. The van der Waals surface area contributed by atoms with Gasteiger partial charge in [0, 0.05) is 17.8 Å². The summed E-state index contributed by atoms with van der Waals surface area (Å²) >= 11 is 1.84. The van der Waals surface area contributed by atoms with Gasteiger partial charge in [-0.15, -0.1) is 0 Å². The molecule has 2 nitrogen and oxygen atoms in total. The smallest absolute Gasteiger partial charge is 0.157 e. The van der Waals surface area contributed by atoms with Crippen LogP contribution >= 0.6 is 11.8 Å². The van der Waals surface area contributed by atoms with Gasteiger partial charge >= 0.3 is 0 Å². The van der Waals surface area contributed by atoms with Crippen LogP contribution in [-0.2, 0) is 0 Å². The molecule has 0 aromatic heterocycles. The van der Waals surface area contributed by atoms with E-state index in [1.54, 1.807) is 0 Å². The molecule has 0 radical (unpaired) electrons. The first-order chi connectivity index (χ1) is 6.29. The third-order valence-electron chi connectivity index (χ3n) is 2.13. The summed E-state index contributed by atoms with van der Waals surface area (Å²) in [6.07, 6.45) is 1.15. The summed E-state index contributed by atoms with van der Waals surface area (Å²) in [6, 6.07) is 0. The van der Waals surface area contributed by atoms with E-state index in [1.165, 1.54) is 0 Å². The maximum Gasteiger partial charge on any atom is 0.157 e. The van der Waals surface area contributed by atoms with Crippen molar-refractivity contribution in [2.45, 2.75) is 46.6 Å². The molecule has 1 N–H and O–H groups in total. The van der Waals surface area contributed by atoms with E-state index < -0.39 is 0 Å². The van der Waals surface area contributed by atoms with E-state index in [9.17, 15) is 0 Å². The van der Waals surface area contributed by atoms with Crippen LogP contribution in [0.4, 0.5) is 0 Å². The molecule has 0 bridgehead atoms. The summed E-state index contributed by atoms with van der Waals surface area (Å²) in [5, 5.41) is 4.55. The predicted octanol–water partition coefficient (Wildman–Crippen LogP) is 2.89. The Hall–Kier alpha value is -0.180. The zero-order valence-corrected chi connectivity index (χ0v) is 10.8. The van der Waals surface area contributed by atoms with E-state index >= 15 is 0 Å². The molecule has 0 saturated carbocycles. The molecule has 1 aliphatic rings. The first-order valence-corrected chi connectivity index (χ1v) is 6.23. The minimum absolute atomic E-state index is 0.227. The lowest BCUT2D eigenvalue weighted by atomic mass is 9.93. The predicted molar refractivity (Wildman–Crippen MR) is 66.0 cm³/mol. The molecule has 0 spiro atoms. The molecule has 0 atom stereocenters. The van der Waals surface area contributed by atoms with Crippen LogP contribution in [0.15, 0.2) is 4.99 Å². The van der Waals surface area contributed by atoms with Crippen molar-refractivity contribution in [2.75, 3.05) is 12.3 Å². The third kappa shape index (κ3) is 4.36. The maximum atomic E-state index is 4.57. The summed E-state index contributed by atoms with van der Waals surface area (Å²) in [7, 11) is 0. The molecule has 0 amide bonds. The van der Waals surface area contributed by atoms with Gasteiger partial charge in [0.1, 0.15) is 0 Å². The first kappa shape index (κ1) is 11.9. The highest BCUT2D eigenvalue weighted by Crippen LogP contribution is 2.23. The molecule has 14 heavy (non-hydrogen) atoms. The van der Waals surface area contributed by atoms with Gasteiger partial charge in [-0.2, -0.15) is 0 Å². The fraction of sp³-hybridized carbons (Fsp3) is 0.909. The van der Waals surface area contributed by atoms with Gasteiger partial charge in [-0.05, 0) is 25.7 Å². The molecule has 1 rings (SSSR count). The Kier molecular flexibility index (Phi) is 3.51. The SMILES string of the molecule is CC(C)(C)CCN=C1NC(C)(C)CS1. The Balaban J connectivity index is 2.34. The monoisotopic (exact) mass is 214 g/mol. The Morgan fingerprint density at radius 3 is 2.50 bits per heavy atom. The minimum Gasteiger partial charge on any atom is -0.359 e. The van der Waals surface area contributed by atoms with Gasteiger partial charge in [-0.3, -0.25) is 4.99 Å². The Bertz CT molecular complexity index is 226. The van der Waals surface area contributed by atoms with Crippen molar-refractivity contribution in [3.8, 4) is 0 Å². The molecular formula is C11H22N2S. The van der Waals surface area contributed by atoms with E-state index in [1.807, 2.05) is 11.8 Å². The average molecular weight is 214 g/mol. The Morgan fingerprint density at radius 1 is 1.43 bits per heavy atom. The first-order valence-electron chi connectivity index (χ1n) is 5.24. The second kappa shape index (κ2) is 4.13. The number of rotatable bonds is 2. The van der Waals surface area contributed by atoms with Crippen LogP contribution in [0.5, 0.6) is 0 Å². The molecule has 1 fully saturated rings. The summed E-state index contributed by atoms with van der Waals surface area (Å²) in [6.45, 7) is 12.1. The fourth-order valence-corrected chi connectivity index (χ4v) is 2.29. The average Bonchev–Trinajstić information content (AvgIpc) is 2.27. The van der Waals surface area contributed by atoms with Crippen molar-refractivity contribution in [2.24, 2.45) is 10.4 Å². The van der Waals surface area contributed by atoms with Gasteiger partial charge in [-0.25, -0.2) is 0 Å². The van der Waals surface area contributed by atoms with Gasteiger partial charge in [-0.1, -0.05) is 32.5 Å². The second-order valence-corrected chi connectivity index (χ2v) is 6.76. The minimum atomic E-state index is 0.227. The normalized spacial score (nSPS) is 23.9. The Labute approximate surface area is 92.0 Å². The summed E-state index contributed by atoms with van der Waals surface area (Å²) in [5.41, 5.74) is 0.619. The largest absolute Gasteiger partial charge is 0.359 e. The van der Waals surface area contributed by atoms with Crippen molar-refractivity contribution in [3.63, 3.8) is 0 Å². The summed E-state index contributed by atoms with van der Waals surface area (Å²) in [5.74, 6) is 1.13. The highest BCUT2D eigenvalue weighted by molar-refractivity contribution is 8.14. The molecular weight excluding hydrogens is 192 g/mol. The molecule has 0 unspecified atom stereocenters. The molecule has 3 heteroatoms. The van der Waals surface area contributed by atoms with Crippen LogP contribution in [0.1, 0.15) is 41.0 Å². The second-order valence-electron chi connectivity index (χ2n) is 5.80. The number of nitrogens with one attached hydrogen (secondary N) is 1. The number of aliphatic imine (C=N–C) groups is 1. The quantitative estimate of drug-likeness (QED) is 0.764. The molecule has 1 heterocycles. The van der Waals surface area contributed by atoms with Gasteiger partial charge in [0.15, 0.2) is 5.17 Å². The zero-order valence-electron chi connectivity index (χ0n) is 9.98. The van der Waals surface area contributed by atoms with Gasteiger partial charge in [0.2, 0.25) is 0 Å². The third-order valence-corrected chi connectivity index (χ3v) is 3.50. The lowest BCUT2D eigenvalue weighted by Crippen LogP contribution is -2.37. The van der Waals surface area contributed by atoms with Crippen LogP contribution in [0.3, 0.4) is 0 Å². The molecule has 1 aliphatic heterocycles.